The maximum absolute atomic E-state index is 11.4. The molecule has 0 saturated carbocycles. The van der Waals surface area contributed by atoms with E-state index in [2.05, 4.69) is 9.97 Å². The summed E-state index contributed by atoms with van der Waals surface area (Å²) in [5, 5.41) is 9.33. The molecule has 1 N–H and O–H groups in total. The number of carboxylic acid groups (broad SMARTS) is 1. The summed E-state index contributed by atoms with van der Waals surface area (Å²) in [6, 6.07) is 9.25. The van der Waals surface area contributed by atoms with Crippen molar-refractivity contribution in [1.82, 2.24) is 14.4 Å². The van der Waals surface area contributed by atoms with Crippen molar-refractivity contribution in [2.45, 2.75) is 0 Å². The summed E-state index contributed by atoms with van der Waals surface area (Å²) in [5.41, 5.74) is 1.90. The monoisotopic (exact) mass is 239 g/mol. The lowest BCUT2D eigenvalue weighted by molar-refractivity contribution is 0.0690. The molecule has 5 heteroatoms. The van der Waals surface area contributed by atoms with Crippen LogP contribution in [0.1, 0.15) is 10.5 Å². The number of aromatic nitrogens is 3. The van der Waals surface area contributed by atoms with Crippen LogP contribution in [0.4, 0.5) is 0 Å². The van der Waals surface area contributed by atoms with Crippen LogP contribution in [0, 0.1) is 0 Å². The molecular weight excluding hydrogens is 230 g/mol. The molecule has 0 aliphatic heterocycles. The van der Waals surface area contributed by atoms with Crippen molar-refractivity contribution in [3.8, 4) is 11.3 Å². The van der Waals surface area contributed by atoms with E-state index in [1.807, 2.05) is 30.3 Å². The van der Waals surface area contributed by atoms with Gasteiger partial charge in [0.2, 0.25) is 0 Å². The van der Waals surface area contributed by atoms with E-state index in [1.165, 1.54) is 10.6 Å². The predicted octanol–water partition coefficient (Wildman–Crippen LogP) is 2.09. The number of carboxylic acids is 1. The largest absolute Gasteiger partial charge is 0.476 e. The van der Waals surface area contributed by atoms with Crippen LogP contribution in [0.15, 0.2) is 48.9 Å². The third-order valence-corrected chi connectivity index (χ3v) is 2.68. The molecule has 3 rings (SSSR count). The Kier molecular flexibility index (Phi) is 2.30. The second-order valence-corrected chi connectivity index (χ2v) is 3.78. The zero-order chi connectivity index (χ0) is 12.5. The van der Waals surface area contributed by atoms with E-state index in [0.29, 0.717) is 11.3 Å². The third kappa shape index (κ3) is 1.53. The molecule has 2 aromatic heterocycles. The van der Waals surface area contributed by atoms with Gasteiger partial charge in [0.05, 0.1) is 6.20 Å². The van der Waals surface area contributed by atoms with Crippen LogP contribution < -0.4 is 0 Å². The number of rotatable bonds is 2. The van der Waals surface area contributed by atoms with Crippen LogP contribution in [0.3, 0.4) is 0 Å². The van der Waals surface area contributed by atoms with Crippen molar-refractivity contribution in [2.24, 2.45) is 0 Å². The highest BCUT2D eigenvalue weighted by Crippen LogP contribution is 2.23. The number of imidazole rings is 1. The van der Waals surface area contributed by atoms with Gasteiger partial charge in [0.1, 0.15) is 5.69 Å². The van der Waals surface area contributed by atoms with Gasteiger partial charge in [-0.2, -0.15) is 0 Å². The average Bonchev–Trinajstić information content (AvgIpc) is 2.79. The Labute approximate surface area is 102 Å². The zero-order valence-corrected chi connectivity index (χ0v) is 9.32. The topological polar surface area (TPSA) is 67.5 Å². The van der Waals surface area contributed by atoms with Gasteiger partial charge < -0.3 is 5.11 Å². The Bertz CT molecular complexity index is 719. The first-order chi connectivity index (χ1) is 8.77. The number of fused-ring (bicyclic) bond motifs is 1. The smallest absolute Gasteiger partial charge is 0.355 e. The fraction of sp³-hybridized carbons (Fsp3) is 0. The molecule has 0 spiro atoms. The van der Waals surface area contributed by atoms with E-state index in [1.54, 1.807) is 12.4 Å². The fourth-order valence-corrected chi connectivity index (χ4v) is 1.91. The average molecular weight is 239 g/mol. The molecule has 0 fully saturated rings. The third-order valence-electron chi connectivity index (χ3n) is 2.68. The molecule has 18 heavy (non-hydrogen) atoms. The normalized spacial score (nSPS) is 10.7. The van der Waals surface area contributed by atoms with Crippen molar-refractivity contribution >= 4 is 11.6 Å². The number of aromatic carboxylic acids is 1. The molecule has 3 aromatic rings. The van der Waals surface area contributed by atoms with Gasteiger partial charge in [-0.05, 0) is 0 Å². The Morgan fingerprint density at radius 1 is 1.22 bits per heavy atom. The van der Waals surface area contributed by atoms with Gasteiger partial charge in [0, 0.05) is 18.0 Å². The van der Waals surface area contributed by atoms with Gasteiger partial charge in [0.15, 0.2) is 11.3 Å². The molecule has 2 heterocycles. The first-order valence-corrected chi connectivity index (χ1v) is 5.38. The maximum atomic E-state index is 11.4. The summed E-state index contributed by atoms with van der Waals surface area (Å²) in [5.74, 6) is -1.01. The summed E-state index contributed by atoms with van der Waals surface area (Å²) >= 11 is 0. The van der Waals surface area contributed by atoms with Gasteiger partial charge >= 0.3 is 5.97 Å². The van der Waals surface area contributed by atoms with Crippen molar-refractivity contribution in [1.29, 1.82) is 0 Å². The summed E-state index contributed by atoms with van der Waals surface area (Å²) in [6.07, 6.45) is 4.67. The lowest BCUT2D eigenvalue weighted by Crippen LogP contribution is -2.03. The van der Waals surface area contributed by atoms with Crippen molar-refractivity contribution < 1.29 is 9.90 Å². The van der Waals surface area contributed by atoms with E-state index in [4.69, 9.17) is 0 Å². The molecule has 0 aliphatic rings. The molecule has 88 valence electrons. The lowest BCUT2D eigenvalue weighted by Gasteiger charge is -1.99. The molecule has 0 aliphatic carbocycles. The predicted molar refractivity (Wildman–Crippen MR) is 65.4 cm³/mol. The van der Waals surface area contributed by atoms with Crippen LogP contribution in [0.25, 0.3) is 16.9 Å². The van der Waals surface area contributed by atoms with E-state index in [-0.39, 0.29) is 5.69 Å². The molecular formula is C13H9N3O2. The van der Waals surface area contributed by atoms with Crippen LogP contribution in [0.2, 0.25) is 0 Å². The second kappa shape index (κ2) is 3.96. The van der Waals surface area contributed by atoms with Crippen molar-refractivity contribution in [3.05, 3.63) is 54.6 Å². The number of hydrogen-bond acceptors (Lipinski definition) is 3. The first kappa shape index (κ1) is 10.5. The van der Waals surface area contributed by atoms with Crippen LogP contribution >= 0.6 is 0 Å². The molecule has 0 unspecified atom stereocenters. The second-order valence-electron chi connectivity index (χ2n) is 3.78. The Balaban J connectivity index is 2.36. The van der Waals surface area contributed by atoms with Gasteiger partial charge in [-0.15, -0.1) is 0 Å². The Hall–Kier alpha value is -2.69. The summed E-state index contributed by atoms with van der Waals surface area (Å²) in [6.45, 7) is 0. The molecule has 0 amide bonds. The van der Waals surface area contributed by atoms with Gasteiger partial charge in [-0.25, -0.2) is 9.78 Å². The minimum Gasteiger partial charge on any atom is -0.476 e. The van der Waals surface area contributed by atoms with Crippen LogP contribution in [-0.2, 0) is 0 Å². The molecule has 0 bridgehead atoms. The quantitative estimate of drug-likeness (QED) is 0.743. The highest BCUT2D eigenvalue weighted by Gasteiger charge is 2.19. The Morgan fingerprint density at radius 3 is 2.72 bits per heavy atom. The van der Waals surface area contributed by atoms with Crippen LogP contribution in [-0.4, -0.2) is 25.4 Å². The first-order valence-electron chi connectivity index (χ1n) is 5.38. The summed E-state index contributed by atoms with van der Waals surface area (Å²) in [4.78, 5) is 19.7. The SMILES string of the molecule is O=C(O)c1c(-c2ccccc2)nc2cnccn12. The molecule has 5 nitrogen and oxygen atoms in total. The zero-order valence-electron chi connectivity index (χ0n) is 9.32. The molecule has 0 saturated heterocycles. The van der Waals surface area contributed by atoms with Gasteiger partial charge in [0.25, 0.3) is 0 Å². The molecule has 0 atom stereocenters. The van der Waals surface area contributed by atoms with E-state index in [0.717, 1.165) is 5.56 Å². The Morgan fingerprint density at radius 2 is 2.00 bits per heavy atom. The van der Waals surface area contributed by atoms with E-state index in [9.17, 15) is 9.90 Å². The molecule has 1 aromatic carbocycles. The number of nitrogens with zero attached hydrogens (tertiary/aromatic N) is 3. The number of benzene rings is 1. The highest BCUT2D eigenvalue weighted by molar-refractivity contribution is 5.94. The summed E-state index contributed by atoms with van der Waals surface area (Å²) in [7, 11) is 0. The van der Waals surface area contributed by atoms with Gasteiger partial charge in [-0.3, -0.25) is 9.38 Å². The number of hydrogen-bond donors (Lipinski definition) is 1. The minimum absolute atomic E-state index is 0.151. The van der Waals surface area contributed by atoms with Gasteiger partial charge in [-0.1, -0.05) is 30.3 Å². The van der Waals surface area contributed by atoms with Crippen molar-refractivity contribution in [3.63, 3.8) is 0 Å². The minimum atomic E-state index is -1.01. The molecule has 0 radical (unpaired) electrons. The van der Waals surface area contributed by atoms with Crippen LogP contribution in [0.5, 0.6) is 0 Å². The standard InChI is InChI=1S/C13H9N3O2/c17-13(18)12-11(9-4-2-1-3-5-9)15-10-8-14-6-7-16(10)12/h1-8H,(H,17,18). The lowest BCUT2D eigenvalue weighted by atomic mass is 10.1. The number of carbonyl (C=O) groups is 1. The maximum Gasteiger partial charge on any atom is 0.355 e. The summed E-state index contributed by atoms with van der Waals surface area (Å²) < 4.78 is 1.53. The van der Waals surface area contributed by atoms with E-state index >= 15 is 0 Å². The van der Waals surface area contributed by atoms with Crippen molar-refractivity contribution in [2.75, 3.05) is 0 Å². The van der Waals surface area contributed by atoms with E-state index < -0.39 is 5.97 Å². The fourth-order valence-electron chi connectivity index (χ4n) is 1.91. The highest BCUT2D eigenvalue weighted by atomic mass is 16.4.